The van der Waals surface area contributed by atoms with Gasteiger partial charge in [0.1, 0.15) is 0 Å². The van der Waals surface area contributed by atoms with Crippen LogP contribution in [0.3, 0.4) is 0 Å². The molecule has 0 fully saturated rings. The summed E-state index contributed by atoms with van der Waals surface area (Å²) in [6.07, 6.45) is 1.43. The lowest BCUT2D eigenvalue weighted by atomic mass is 10.1. The zero-order valence-electron chi connectivity index (χ0n) is 15.1. The molecule has 10 heteroatoms. The van der Waals surface area contributed by atoms with Gasteiger partial charge in [-0.05, 0) is 18.2 Å². The average Bonchev–Trinajstić information content (AvgIpc) is 2.72. The molecule has 0 saturated carbocycles. The van der Waals surface area contributed by atoms with E-state index in [1.807, 2.05) is 0 Å². The van der Waals surface area contributed by atoms with Crippen molar-refractivity contribution in [1.82, 2.24) is 9.55 Å². The maximum absolute atomic E-state index is 12.8. The molecule has 3 rings (SSSR count). The molecular weight excluding hydrogens is 386 g/mol. The SMILES string of the molecule is COC(=O)c1ccc(C(=O)OC)c(NC(=O)C2CSc3nccc(=O)n3C2)c1. The molecule has 1 unspecified atom stereocenters. The van der Waals surface area contributed by atoms with Gasteiger partial charge < -0.3 is 14.8 Å². The van der Waals surface area contributed by atoms with Gasteiger partial charge >= 0.3 is 11.9 Å². The Morgan fingerprint density at radius 1 is 1.18 bits per heavy atom. The molecule has 1 aromatic heterocycles. The lowest BCUT2D eigenvalue weighted by molar-refractivity contribution is -0.119. The first kappa shape index (κ1) is 19.6. The second-order valence-corrected chi connectivity index (χ2v) is 6.90. The Kier molecular flexibility index (Phi) is 5.78. The molecule has 0 radical (unpaired) electrons. The van der Waals surface area contributed by atoms with Gasteiger partial charge in [0.05, 0.1) is 37.0 Å². The van der Waals surface area contributed by atoms with Crippen molar-refractivity contribution in [2.24, 2.45) is 5.92 Å². The van der Waals surface area contributed by atoms with Crippen molar-refractivity contribution >= 4 is 35.3 Å². The quantitative estimate of drug-likeness (QED) is 0.597. The van der Waals surface area contributed by atoms with Gasteiger partial charge in [-0.15, -0.1) is 0 Å². The molecule has 1 atom stereocenters. The average molecular weight is 403 g/mol. The molecule has 1 aliphatic rings. The molecule has 0 spiro atoms. The number of thioether (sulfide) groups is 1. The Bertz CT molecular complexity index is 1000. The molecule has 9 nitrogen and oxygen atoms in total. The first-order valence-corrected chi connectivity index (χ1v) is 9.23. The first-order valence-electron chi connectivity index (χ1n) is 8.24. The Morgan fingerprint density at radius 3 is 2.64 bits per heavy atom. The summed E-state index contributed by atoms with van der Waals surface area (Å²) in [7, 11) is 2.45. The maximum Gasteiger partial charge on any atom is 0.339 e. The van der Waals surface area contributed by atoms with Gasteiger partial charge in [0.25, 0.3) is 5.56 Å². The third-order valence-corrected chi connectivity index (χ3v) is 5.34. The van der Waals surface area contributed by atoms with Gasteiger partial charge in [-0.3, -0.25) is 14.2 Å². The number of rotatable bonds is 4. The number of carbonyl (C=O) groups excluding carboxylic acids is 3. The van der Waals surface area contributed by atoms with Crippen LogP contribution in [-0.2, 0) is 20.8 Å². The van der Waals surface area contributed by atoms with E-state index in [-0.39, 0.29) is 34.8 Å². The molecule has 1 N–H and O–H groups in total. The summed E-state index contributed by atoms with van der Waals surface area (Å²) in [5.41, 5.74) is 0.174. The van der Waals surface area contributed by atoms with E-state index in [0.717, 1.165) is 0 Å². The number of nitrogens with one attached hydrogen (secondary N) is 1. The van der Waals surface area contributed by atoms with E-state index in [2.05, 4.69) is 15.0 Å². The van der Waals surface area contributed by atoms with Crippen LogP contribution in [0.5, 0.6) is 0 Å². The Balaban J connectivity index is 1.87. The number of hydrogen-bond acceptors (Lipinski definition) is 8. The number of benzene rings is 1. The fraction of sp³-hybridized carbons (Fsp3) is 0.278. The van der Waals surface area contributed by atoms with Crippen molar-refractivity contribution in [2.75, 3.05) is 25.3 Å². The van der Waals surface area contributed by atoms with E-state index < -0.39 is 17.9 Å². The number of esters is 2. The van der Waals surface area contributed by atoms with Crippen LogP contribution in [0.2, 0.25) is 0 Å². The monoisotopic (exact) mass is 403 g/mol. The summed E-state index contributed by atoms with van der Waals surface area (Å²) in [6.45, 7) is 0.172. The molecular formula is C18H17N3O6S. The van der Waals surface area contributed by atoms with E-state index in [4.69, 9.17) is 4.74 Å². The van der Waals surface area contributed by atoms with Gasteiger partial charge in [0.2, 0.25) is 5.91 Å². The first-order chi connectivity index (χ1) is 13.4. The van der Waals surface area contributed by atoms with Crippen LogP contribution in [0.15, 0.2) is 40.4 Å². The Hall–Kier alpha value is -3.14. The summed E-state index contributed by atoms with van der Waals surface area (Å²) in [4.78, 5) is 52.7. The van der Waals surface area contributed by atoms with E-state index in [9.17, 15) is 19.2 Å². The van der Waals surface area contributed by atoms with Crippen molar-refractivity contribution in [3.05, 3.63) is 51.9 Å². The largest absolute Gasteiger partial charge is 0.465 e. The molecule has 146 valence electrons. The summed E-state index contributed by atoms with van der Waals surface area (Å²) >= 11 is 1.30. The highest BCUT2D eigenvalue weighted by Crippen LogP contribution is 2.26. The van der Waals surface area contributed by atoms with Crippen LogP contribution in [0.25, 0.3) is 0 Å². The zero-order chi connectivity index (χ0) is 20.3. The fourth-order valence-electron chi connectivity index (χ4n) is 2.72. The molecule has 2 heterocycles. The fourth-order valence-corrected chi connectivity index (χ4v) is 3.79. The van der Waals surface area contributed by atoms with Crippen LogP contribution >= 0.6 is 11.8 Å². The van der Waals surface area contributed by atoms with Gasteiger partial charge in [-0.25, -0.2) is 14.6 Å². The molecule has 2 aromatic rings. The number of anilines is 1. The number of nitrogens with zero attached hydrogens (tertiary/aromatic N) is 2. The Labute approximate surface area is 164 Å². The molecule has 0 bridgehead atoms. The highest BCUT2D eigenvalue weighted by Gasteiger charge is 2.28. The third-order valence-electron chi connectivity index (χ3n) is 4.19. The maximum atomic E-state index is 12.8. The Morgan fingerprint density at radius 2 is 1.93 bits per heavy atom. The highest BCUT2D eigenvalue weighted by molar-refractivity contribution is 7.99. The number of ether oxygens (including phenoxy) is 2. The molecule has 0 saturated heterocycles. The van der Waals surface area contributed by atoms with Gasteiger partial charge in [-0.2, -0.15) is 0 Å². The molecule has 1 aromatic carbocycles. The minimum absolute atomic E-state index is 0.103. The highest BCUT2D eigenvalue weighted by atomic mass is 32.2. The van der Waals surface area contributed by atoms with Gasteiger partial charge in [-0.1, -0.05) is 11.8 Å². The van der Waals surface area contributed by atoms with Crippen molar-refractivity contribution in [3.63, 3.8) is 0 Å². The number of amides is 1. The number of hydrogen-bond donors (Lipinski definition) is 1. The van der Waals surface area contributed by atoms with Crippen molar-refractivity contribution in [3.8, 4) is 0 Å². The van der Waals surface area contributed by atoms with E-state index in [1.54, 1.807) is 0 Å². The number of methoxy groups -OCH3 is 2. The molecule has 1 amide bonds. The summed E-state index contributed by atoms with van der Waals surface area (Å²) in [5, 5.41) is 3.22. The number of carbonyl (C=O) groups is 3. The molecule has 0 aliphatic carbocycles. The topological polar surface area (TPSA) is 117 Å². The van der Waals surface area contributed by atoms with E-state index in [1.165, 1.54) is 61.0 Å². The molecule has 28 heavy (non-hydrogen) atoms. The van der Waals surface area contributed by atoms with Crippen LogP contribution in [0, 0.1) is 5.92 Å². The molecule has 1 aliphatic heterocycles. The number of aromatic nitrogens is 2. The van der Waals surface area contributed by atoms with Crippen molar-refractivity contribution < 1.29 is 23.9 Å². The lowest BCUT2D eigenvalue weighted by Crippen LogP contribution is -2.36. The van der Waals surface area contributed by atoms with E-state index in [0.29, 0.717) is 10.9 Å². The minimum atomic E-state index is -0.657. The van der Waals surface area contributed by atoms with Crippen LogP contribution in [0.4, 0.5) is 5.69 Å². The van der Waals surface area contributed by atoms with Crippen molar-refractivity contribution in [2.45, 2.75) is 11.7 Å². The third kappa shape index (κ3) is 3.91. The van der Waals surface area contributed by atoms with Crippen LogP contribution < -0.4 is 10.9 Å². The summed E-state index contributed by atoms with van der Waals surface area (Å²) < 4.78 is 10.8. The van der Waals surface area contributed by atoms with Gasteiger partial charge in [0, 0.05) is 24.6 Å². The lowest BCUT2D eigenvalue weighted by Gasteiger charge is -2.24. The zero-order valence-corrected chi connectivity index (χ0v) is 15.9. The van der Waals surface area contributed by atoms with Crippen LogP contribution in [0.1, 0.15) is 20.7 Å². The number of fused-ring (bicyclic) bond motifs is 1. The predicted octanol–water partition coefficient (Wildman–Crippen LogP) is 1.18. The standard InChI is InChI=1S/C18H17N3O6S/c1-26-16(24)10-3-4-12(17(25)27-2)13(7-10)20-15(23)11-8-21-14(22)5-6-19-18(21)28-9-11/h3-7,11H,8-9H2,1-2H3,(H,20,23). The summed E-state index contributed by atoms with van der Waals surface area (Å²) in [5.74, 6) is -1.75. The van der Waals surface area contributed by atoms with Crippen LogP contribution in [-0.4, -0.2) is 47.4 Å². The second kappa shape index (κ2) is 8.26. The minimum Gasteiger partial charge on any atom is -0.465 e. The normalized spacial score (nSPS) is 15.3. The smallest absolute Gasteiger partial charge is 0.339 e. The van der Waals surface area contributed by atoms with Gasteiger partial charge in [0.15, 0.2) is 5.16 Å². The van der Waals surface area contributed by atoms with Crippen molar-refractivity contribution in [1.29, 1.82) is 0 Å². The summed E-state index contributed by atoms with van der Waals surface area (Å²) in [6, 6.07) is 5.48. The predicted molar refractivity (Wildman–Crippen MR) is 100 cm³/mol. The second-order valence-electron chi connectivity index (χ2n) is 5.92. The van der Waals surface area contributed by atoms with E-state index >= 15 is 0 Å².